The Labute approximate surface area is 118 Å². The monoisotopic (exact) mass is 280 g/mol. The first-order valence-corrected chi connectivity index (χ1v) is 6.95. The third-order valence-electron chi connectivity index (χ3n) is 3.85. The zero-order valence-corrected chi connectivity index (χ0v) is 12.1. The summed E-state index contributed by atoms with van der Waals surface area (Å²) < 4.78 is 18.8. The maximum atomic E-state index is 13.9. The van der Waals surface area contributed by atoms with Gasteiger partial charge in [-0.1, -0.05) is 6.42 Å². The second kappa shape index (κ2) is 6.22. The van der Waals surface area contributed by atoms with Gasteiger partial charge < -0.3 is 4.74 Å². The molecule has 2 unspecified atom stereocenters. The molecule has 0 bridgehead atoms. The number of piperidine rings is 1. The number of hydrogen-bond acceptors (Lipinski definition) is 3. The second-order valence-corrected chi connectivity index (χ2v) is 5.32. The SMILES string of the molecule is COc1ccc(C(=O)NN2C(C)CCCC2C)c(F)c1. The quantitative estimate of drug-likeness (QED) is 0.925. The molecule has 20 heavy (non-hydrogen) atoms. The van der Waals surface area contributed by atoms with E-state index in [2.05, 4.69) is 19.3 Å². The van der Waals surface area contributed by atoms with Gasteiger partial charge in [0, 0.05) is 18.2 Å². The average Bonchev–Trinajstić information content (AvgIpc) is 2.42. The lowest BCUT2D eigenvalue weighted by atomic mass is 10.00. The fourth-order valence-corrected chi connectivity index (χ4v) is 2.63. The summed E-state index contributed by atoms with van der Waals surface area (Å²) in [6.07, 6.45) is 3.23. The van der Waals surface area contributed by atoms with E-state index < -0.39 is 11.7 Å². The average molecular weight is 280 g/mol. The van der Waals surface area contributed by atoms with Crippen LogP contribution in [0, 0.1) is 5.82 Å². The van der Waals surface area contributed by atoms with Crippen molar-refractivity contribution in [1.29, 1.82) is 0 Å². The molecule has 0 spiro atoms. The van der Waals surface area contributed by atoms with E-state index in [1.54, 1.807) is 6.07 Å². The van der Waals surface area contributed by atoms with Gasteiger partial charge in [-0.15, -0.1) is 0 Å². The molecule has 1 aliphatic heterocycles. The van der Waals surface area contributed by atoms with Crippen LogP contribution in [0.25, 0.3) is 0 Å². The largest absolute Gasteiger partial charge is 0.497 e. The van der Waals surface area contributed by atoms with Gasteiger partial charge in [0.05, 0.1) is 12.7 Å². The Hall–Kier alpha value is -1.62. The number of amides is 1. The summed E-state index contributed by atoms with van der Waals surface area (Å²) in [4.78, 5) is 12.2. The van der Waals surface area contributed by atoms with Crippen LogP contribution >= 0.6 is 0 Å². The predicted molar refractivity (Wildman–Crippen MR) is 75.0 cm³/mol. The van der Waals surface area contributed by atoms with Crippen molar-refractivity contribution >= 4 is 5.91 Å². The Morgan fingerprint density at radius 2 is 2.00 bits per heavy atom. The zero-order chi connectivity index (χ0) is 14.7. The number of benzene rings is 1. The number of hydrazine groups is 1. The van der Waals surface area contributed by atoms with E-state index in [0.29, 0.717) is 5.75 Å². The van der Waals surface area contributed by atoms with Crippen LogP contribution in [0.5, 0.6) is 5.75 Å². The molecule has 2 atom stereocenters. The lowest BCUT2D eigenvalue weighted by Gasteiger charge is -2.38. The number of carbonyl (C=O) groups excluding carboxylic acids is 1. The molecular formula is C15H21FN2O2. The van der Waals surface area contributed by atoms with Gasteiger partial charge in [0.25, 0.3) is 5.91 Å². The van der Waals surface area contributed by atoms with Gasteiger partial charge in [-0.25, -0.2) is 9.40 Å². The van der Waals surface area contributed by atoms with Gasteiger partial charge in [-0.05, 0) is 38.8 Å². The maximum absolute atomic E-state index is 13.9. The molecule has 1 saturated heterocycles. The van der Waals surface area contributed by atoms with E-state index in [-0.39, 0.29) is 17.6 Å². The van der Waals surface area contributed by atoms with Crippen molar-refractivity contribution in [3.63, 3.8) is 0 Å². The number of nitrogens with one attached hydrogen (secondary N) is 1. The van der Waals surface area contributed by atoms with Crippen LogP contribution in [-0.2, 0) is 0 Å². The predicted octanol–water partition coefficient (Wildman–Crippen LogP) is 2.74. The van der Waals surface area contributed by atoms with Gasteiger partial charge in [0.15, 0.2) is 0 Å². The van der Waals surface area contributed by atoms with Crippen molar-refractivity contribution < 1.29 is 13.9 Å². The van der Waals surface area contributed by atoms with Crippen LogP contribution in [0.15, 0.2) is 18.2 Å². The third kappa shape index (κ3) is 3.10. The van der Waals surface area contributed by atoms with Crippen molar-refractivity contribution in [2.45, 2.75) is 45.2 Å². The van der Waals surface area contributed by atoms with Gasteiger partial charge in [0.1, 0.15) is 11.6 Å². The molecule has 0 radical (unpaired) electrons. The smallest absolute Gasteiger partial charge is 0.268 e. The molecule has 4 nitrogen and oxygen atoms in total. The number of carbonyl (C=O) groups is 1. The minimum absolute atomic E-state index is 0.0378. The Bertz CT molecular complexity index is 483. The Morgan fingerprint density at radius 3 is 2.55 bits per heavy atom. The summed E-state index contributed by atoms with van der Waals surface area (Å²) in [5.41, 5.74) is 2.86. The molecular weight excluding hydrogens is 259 g/mol. The summed E-state index contributed by atoms with van der Waals surface area (Å²) in [5.74, 6) is -0.580. The van der Waals surface area contributed by atoms with Crippen molar-refractivity contribution in [3.8, 4) is 5.75 Å². The summed E-state index contributed by atoms with van der Waals surface area (Å²) in [5, 5.41) is 1.93. The molecule has 0 saturated carbocycles. The standard InChI is InChI=1S/C15H21FN2O2/c1-10-5-4-6-11(2)18(10)17-15(19)13-8-7-12(20-3)9-14(13)16/h7-11H,4-6H2,1-3H3,(H,17,19). The molecule has 5 heteroatoms. The highest BCUT2D eigenvalue weighted by Gasteiger charge is 2.27. The Kier molecular flexibility index (Phi) is 4.60. The van der Waals surface area contributed by atoms with Crippen molar-refractivity contribution in [3.05, 3.63) is 29.6 Å². The first-order valence-electron chi connectivity index (χ1n) is 6.95. The first-order chi connectivity index (χ1) is 9.52. The number of halogens is 1. The van der Waals surface area contributed by atoms with E-state index in [1.807, 2.05) is 5.01 Å². The lowest BCUT2D eigenvalue weighted by Crippen LogP contribution is -2.54. The van der Waals surface area contributed by atoms with Crippen LogP contribution in [0.3, 0.4) is 0 Å². The third-order valence-corrected chi connectivity index (χ3v) is 3.85. The molecule has 1 amide bonds. The maximum Gasteiger partial charge on any atom is 0.268 e. The number of nitrogens with zero attached hydrogens (tertiary/aromatic N) is 1. The van der Waals surface area contributed by atoms with E-state index in [1.165, 1.54) is 19.2 Å². The van der Waals surface area contributed by atoms with Gasteiger partial charge in [-0.3, -0.25) is 10.2 Å². The van der Waals surface area contributed by atoms with Crippen LogP contribution in [0.4, 0.5) is 4.39 Å². The second-order valence-electron chi connectivity index (χ2n) is 5.32. The molecule has 1 aromatic rings. The number of hydrogen-bond donors (Lipinski definition) is 1. The summed E-state index contributed by atoms with van der Waals surface area (Å²) in [6.45, 7) is 4.14. The Balaban J connectivity index is 2.11. The highest BCUT2D eigenvalue weighted by Crippen LogP contribution is 2.21. The van der Waals surface area contributed by atoms with Crippen LogP contribution in [0.1, 0.15) is 43.5 Å². The molecule has 0 aromatic heterocycles. The highest BCUT2D eigenvalue weighted by molar-refractivity contribution is 5.94. The minimum Gasteiger partial charge on any atom is -0.497 e. The lowest BCUT2D eigenvalue weighted by molar-refractivity contribution is 0.0367. The van der Waals surface area contributed by atoms with E-state index >= 15 is 0 Å². The summed E-state index contributed by atoms with van der Waals surface area (Å²) in [6, 6.07) is 4.79. The van der Waals surface area contributed by atoms with Gasteiger partial charge in [-0.2, -0.15) is 0 Å². The van der Waals surface area contributed by atoms with Crippen molar-refractivity contribution in [2.75, 3.05) is 7.11 Å². The minimum atomic E-state index is -0.570. The molecule has 1 aromatic carbocycles. The fourth-order valence-electron chi connectivity index (χ4n) is 2.63. The molecule has 110 valence electrons. The zero-order valence-electron chi connectivity index (χ0n) is 12.1. The summed E-state index contributed by atoms with van der Waals surface area (Å²) >= 11 is 0. The van der Waals surface area contributed by atoms with E-state index in [4.69, 9.17) is 4.74 Å². The molecule has 1 aliphatic rings. The van der Waals surface area contributed by atoms with Crippen molar-refractivity contribution in [2.24, 2.45) is 0 Å². The van der Waals surface area contributed by atoms with Crippen LogP contribution in [0.2, 0.25) is 0 Å². The first kappa shape index (κ1) is 14.8. The molecule has 2 rings (SSSR count). The number of rotatable bonds is 3. The van der Waals surface area contributed by atoms with Gasteiger partial charge in [0.2, 0.25) is 0 Å². The fraction of sp³-hybridized carbons (Fsp3) is 0.533. The number of methoxy groups -OCH3 is 1. The Morgan fingerprint density at radius 1 is 1.35 bits per heavy atom. The molecule has 1 N–H and O–H groups in total. The summed E-state index contributed by atoms with van der Waals surface area (Å²) in [7, 11) is 1.46. The number of ether oxygens (including phenoxy) is 1. The van der Waals surface area contributed by atoms with Gasteiger partial charge >= 0.3 is 0 Å². The molecule has 1 heterocycles. The van der Waals surface area contributed by atoms with Crippen LogP contribution < -0.4 is 10.2 Å². The van der Waals surface area contributed by atoms with Crippen molar-refractivity contribution in [1.82, 2.24) is 10.4 Å². The van der Waals surface area contributed by atoms with Crippen LogP contribution in [-0.4, -0.2) is 30.1 Å². The normalized spacial score (nSPS) is 23.4. The molecule has 0 aliphatic carbocycles. The molecule has 1 fully saturated rings. The van der Waals surface area contributed by atoms with E-state index in [9.17, 15) is 9.18 Å². The highest BCUT2D eigenvalue weighted by atomic mass is 19.1. The van der Waals surface area contributed by atoms with E-state index in [0.717, 1.165) is 19.3 Å². The topological polar surface area (TPSA) is 41.6 Å².